The standard InChI is InChI=1S/C23H27F3N2O3S/c1-3-21(18-9-8-16-6-4-5-7-17(16)14-18)27-22(29)15-28(32(2,30)31)20-12-10-19(11-13-20)23(24,25)26/h8-14,21H,3-7,15H2,1-2H3,(H,27,29)/t21-/m1/s1. The van der Waals surface area contributed by atoms with E-state index in [1.807, 2.05) is 13.0 Å². The second-order valence-electron chi connectivity index (χ2n) is 8.08. The number of sulfonamides is 1. The molecule has 1 amide bonds. The lowest BCUT2D eigenvalue weighted by Crippen LogP contribution is -2.41. The summed E-state index contributed by atoms with van der Waals surface area (Å²) in [6, 6.07) is 9.60. The predicted octanol–water partition coefficient (Wildman–Crippen LogP) is 4.62. The summed E-state index contributed by atoms with van der Waals surface area (Å²) >= 11 is 0. The highest BCUT2D eigenvalue weighted by Crippen LogP contribution is 2.31. The molecule has 0 unspecified atom stereocenters. The first kappa shape index (κ1) is 24.1. The number of carbonyl (C=O) groups is 1. The van der Waals surface area contributed by atoms with Gasteiger partial charge in [0, 0.05) is 0 Å². The Hall–Kier alpha value is -2.55. The van der Waals surface area contributed by atoms with E-state index in [2.05, 4.69) is 17.4 Å². The first-order chi connectivity index (χ1) is 15.0. The fourth-order valence-corrected chi connectivity index (χ4v) is 4.83. The lowest BCUT2D eigenvalue weighted by molar-refractivity contribution is -0.137. The van der Waals surface area contributed by atoms with E-state index in [-0.39, 0.29) is 11.7 Å². The molecule has 1 atom stereocenters. The number of hydrogen-bond donors (Lipinski definition) is 1. The van der Waals surface area contributed by atoms with Gasteiger partial charge in [0.25, 0.3) is 0 Å². The predicted molar refractivity (Wildman–Crippen MR) is 118 cm³/mol. The average Bonchev–Trinajstić information content (AvgIpc) is 2.74. The Morgan fingerprint density at radius 2 is 1.69 bits per heavy atom. The van der Waals surface area contributed by atoms with Crippen LogP contribution in [0.3, 0.4) is 0 Å². The molecule has 2 aromatic rings. The summed E-state index contributed by atoms with van der Waals surface area (Å²) in [5.41, 5.74) is 2.67. The Morgan fingerprint density at radius 1 is 1.06 bits per heavy atom. The summed E-state index contributed by atoms with van der Waals surface area (Å²) in [4.78, 5) is 12.7. The minimum Gasteiger partial charge on any atom is -0.348 e. The Morgan fingerprint density at radius 3 is 2.25 bits per heavy atom. The summed E-state index contributed by atoms with van der Waals surface area (Å²) < 4.78 is 63.8. The van der Waals surface area contributed by atoms with Crippen LogP contribution in [0.15, 0.2) is 42.5 Å². The maximum absolute atomic E-state index is 12.8. The van der Waals surface area contributed by atoms with Gasteiger partial charge in [-0.15, -0.1) is 0 Å². The Labute approximate surface area is 186 Å². The third-order valence-electron chi connectivity index (χ3n) is 5.69. The van der Waals surface area contributed by atoms with Crippen molar-refractivity contribution in [3.63, 3.8) is 0 Å². The van der Waals surface area contributed by atoms with Crippen LogP contribution in [0.1, 0.15) is 54.5 Å². The molecular weight excluding hydrogens is 441 g/mol. The molecule has 0 bridgehead atoms. The molecular formula is C23H27F3N2O3S. The molecule has 5 nitrogen and oxygen atoms in total. The lowest BCUT2D eigenvalue weighted by atomic mass is 9.89. The van der Waals surface area contributed by atoms with Gasteiger partial charge in [0.1, 0.15) is 6.54 Å². The summed E-state index contributed by atoms with van der Waals surface area (Å²) in [6.45, 7) is 1.40. The number of nitrogens with zero attached hydrogens (tertiary/aromatic N) is 1. The van der Waals surface area contributed by atoms with Gasteiger partial charge in [-0.25, -0.2) is 8.42 Å². The second kappa shape index (κ2) is 9.52. The highest BCUT2D eigenvalue weighted by molar-refractivity contribution is 7.92. The number of rotatable bonds is 7. The molecule has 0 fully saturated rings. The molecule has 1 aliphatic rings. The van der Waals surface area contributed by atoms with Crippen LogP contribution < -0.4 is 9.62 Å². The molecule has 3 rings (SSSR count). The summed E-state index contributed by atoms with van der Waals surface area (Å²) in [6.07, 6.45) is 1.36. The third kappa shape index (κ3) is 5.82. The number of anilines is 1. The van der Waals surface area contributed by atoms with E-state index in [9.17, 15) is 26.4 Å². The van der Waals surface area contributed by atoms with Gasteiger partial charge >= 0.3 is 6.18 Å². The van der Waals surface area contributed by atoms with E-state index >= 15 is 0 Å². The minimum atomic E-state index is -4.53. The second-order valence-corrected chi connectivity index (χ2v) is 9.98. The molecule has 1 aliphatic carbocycles. The molecule has 0 spiro atoms. The van der Waals surface area contributed by atoms with Crippen LogP contribution in [0.25, 0.3) is 0 Å². The van der Waals surface area contributed by atoms with E-state index in [0.29, 0.717) is 6.42 Å². The van der Waals surface area contributed by atoms with Crippen LogP contribution in [0.4, 0.5) is 18.9 Å². The minimum absolute atomic E-state index is 0.00233. The van der Waals surface area contributed by atoms with Crippen LogP contribution in [0.2, 0.25) is 0 Å². The number of hydrogen-bond acceptors (Lipinski definition) is 3. The van der Waals surface area contributed by atoms with Crippen LogP contribution in [-0.2, 0) is 33.8 Å². The highest BCUT2D eigenvalue weighted by Gasteiger charge is 2.31. The molecule has 0 aliphatic heterocycles. The van der Waals surface area contributed by atoms with E-state index in [1.165, 1.54) is 17.5 Å². The quantitative estimate of drug-likeness (QED) is 0.645. The number of carbonyl (C=O) groups excluding carboxylic acids is 1. The summed E-state index contributed by atoms with van der Waals surface area (Å²) in [5, 5.41) is 2.87. The maximum atomic E-state index is 12.8. The van der Waals surface area contributed by atoms with E-state index in [1.54, 1.807) is 0 Å². The van der Waals surface area contributed by atoms with E-state index < -0.39 is 34.2 Å². The van der Waals surface area contributed by atoms with Gasteiger partial charge in [-0.05, 0) is 73.1 Å². The Balaban J connectivity index is 1.76. The zero-order valence-electron chi connectivity index (χ0n) is 18.1. The molecule has 9 heteroatoms. The van der Waals surface area contributed by atoms with Crippen molar-refractivity contribution in [2.24, 2.45) is 0 Å². The molecule has 0 radical (unpaired) electrons. The Kier molecular flexibility index (Phi) is 7.17. The van der Waals surface area contributed by atoms with Crippen molar-refractivity contribution in [1.82, 2.24) is 5.32 Å². The molecule has 174 valence electrons. The number of fused-ring (bicyclic) bond motifs is 1. The Bertz CT molecular complexity index is 1070. The topological polar surface area (TPSA) is 66.5 Å². The molecule has 2 aromatic carbocycles. The van der Waals surface area contributed by atoms with Crippen molar-refractivity contribution >= 4 is 21.6 Å². The van der Waals surface area contributed by atoms with E-state index in [4.69, 9.17) is 0 Å². The van der Waals surface area contributed by atoms with Crippen molar-refractivity contribution in [2.75, 3.05) is 17.1 Å². The SMILES string of the molecule is CC[C@@H](NC(=O)CN(c1ccc(C(F)(F)F)cc1)S(C)(=O)=O)c1ccc2c(c1)CCCC2. The molecule has 1 N–H and O–H groups in total. The van der Waals surface area contributed by atoms with Crippen LogP contribution in [0, 0.1) is 0 Å². The average molecular weight is 469 g/mol. The van der Waals surface area contributed by atoms with Gasteiger partial charge in [0.2, 0.25) is 15.9 Å². The third-order valence-corrected chi connectivity index (χ3v) is 6.83. The number of halogens is 3. The van der Waals surface area contributed by atoms with Crippen molar-refractivity contribution < 1.29 is 26.4 Å². The van der Waals surface area contributed by atoms with Gasteiger partial charge in [0.15, 0.2) is 0 Å². The smallest absolute Gasteiger partial charge is 0.348 e. The molecule has 0 aromatic heterocycles. The molecule has 32 heavy (non-hydrogen) atoms. The van der Waals surface area contributed by atoms with Gasteiger partial charge in [-0.1, -0.05) is 25.1 Å². The summed E-state index contributed by atoms with van der Waals surface area (Å²) in [7, 11) is -3.89. The van der Waals surface area contributed by atoms with Gasteiger partial charge in [0.05, 0.1) is 23.5 Å². The monoisotopic (exact) mass is 468 g/mol. The zero-order chi connectivity index (χ0) is 23.5. The number of alkyl halides is 3. The summed E-state index contributed by atoms with van der Waals surface area (Å²) in [5.74, 6) is -0.528. The van der Waals surface area contributed by atoms with Crippen LogP contribution in [-0.4, -0.2) is 27.1 Å². The maximum Gasteiger partial charge on any atom is 0.416 e. The van der Waals surface area contributed by atoms with Gasteiger partial charge < -0.3 is 5.32 Å². The van der Waals surface area contributed by atoms with Crippen molar-refractivity contribution in [3.8, 4) is 0 Å². The number of amides is 1. The number of benzene rings is 2. The lowest BCUT2D eigenvalue weighted by Gasteiger charge is -2.25. The fraction of sp³-hybridized carbons (Fsp3) is 0.435. The largest absolute Gasteiger partial charge is 0.416 e. The first-order valence-electron chi connectivity index (χ1n) is 10.5. The molecule has 0 saturated carbocycles. The van der Waals surface area contributed by atoms with E-state index in [0.717, 1.165) is 59.7 Å². The first-order valence-corrected chi connectivity index (χ1v) is 12.4. The van der Waals surface area contributed by atoms with Crippen molar-refractivity contribution in [1.29, 1.82) is 0 Å². The van der Waals surface area contributed by atoms with Crippen LogP contribution in [0.5, 0.6) is 0 Å². The van der Waals surface area contributed by atoms with Gasteiger partial charge in [-0.2, -0.15) is 13.2 Å². The molecule has 0 saturated heterocycles. The van der Waals surface area contributed by atoms with Crippen LogP contribution >= 0.6 is 0 Å². The normalized spacial score (nSPS) is 15.0. The number of aryl methyl sites for hydroxylation is 2. The zero-order valence-corrected chi connectivity index (χ0v) is 18.9. The molecule has 0 heterocycles. The highest BCUT2D eigenvalue weighted by atomic mass is 32.2. The fourth-order valence-electron chi connectivity index (χ4n) is 3.98. The van der Waals surface area contributed by atoms with Crippen molar-refractivity contribution in [2.45, 2.75) is 51.2 Å². The number of nitrogens with one attached hydrogen (secondary N) is 1. The van der Waals surface area contributed by atoms with Crippen molar-refractivity contribution in [3.05, 3.63) is 64.7 Å². The van der Waals surface area contributed by atoms with Gasteiger partial charge in [-0.3, -0.25) is 9.10 Å².